The summed E-state index contributed by atoms with van der Waals surface area (Å²) in [5.41, 5.74) is 5.21. The summed E-state index contributed by atoms with van der Waals surface area (Å²) < 4.78 is 11.6. The predicted octanol–water partition coefficient (Wildman–Crippen LogP) is 0.0242. The maximum atomic E-state index is 11.6. The Kier molecular flexibility index (Phi) is 5.46. The topological polar surface area (TPSA) is 61.8 Å². The van der Waals surface area contributed by atoms with Gasteiger partial charge in [0.15, 0.2) is 5.84 Å². The van der Waals surface area contributed by atoms with Crippen molar-refractivity contribution in [2.45, 2.75) is 6.42 Å². The van der Waals surface area contributed by atoms with Crippen LogP contribution >= 0.6 is 0 Å². The van der Waals surface area contributed by atoms with E-state index in [0.29, 0.717) is 19.5 Å². The Morgan fingerprint density at radius 2 is 2.36 bits per heavy atom. The fraction of sp³-hybridized carbons (Fsp3) is 0.833. The second-order valence-corrected chi connectivity index (χ2v) is 2.37. The zero-order valence-corrected chi connectivity index (χ0v) is 6.63. The molecule has 0 aromatic rings. The summed E-state index contributed by atoms with van der Waals surface area (Å²) in [7, 11) is 1.79. The molecule has 0 unspecified atom stereocenters. The normalized spacial score (nSPS) is 12.5. The highest BCUT2D eigenvalue weighted by Crippen LogP contribution is 1.87. The molecule has 0 heterocycles. The van der Waals surface area contributed by atoms with E-state index >= 15 is 0 Å². The van der Waals surface area contributed by atoms with Gasteiger partial charge in [0.2, 0.25) is 0 Å². The van der Waals surface area contributed by atoms with Crippen molar-refractivity contribution >= 4 is 5.84 Å². The van der Waals surface area contributed by atoms with Gasteiger partial charge in [0.05, 0.1) is 13.2 Å². The van der Waals surface area contributed by atoms with E-state index in [0.717, 1.165) is 0 Å². The van der Waals surface area contributed by atoms with Gasteiger partial charge in [-0.1, -0.05) is 5.16 Å². The molecule has 0 atom stereocenters. The molecule has 0 bridgehead atoms. The van der Waals surface area contributed by atoms with Crippen LogP contribution in [0.5, 0.6) is 0 Å². The lowest BCUT2D eigenvalue weighted by Gasteiger charge is -2.13. The Morgan fingerprint density at radius 3 is 2.82 bits per heavy atom. The van der Waals surface area contributed by atoms with Crippen molar-refractivity contribution in [1.29, 1.82) is 0 Å². The summed E-state index contributed by atoms with van der Waals surface area (Å²) in [5.74, 6) is 0.145. The summed E-state index contributed by atoms with van der Waals surface area (Å²) in [6.45, 7) is 0.656. The monoisotopic (exact) mass is 163 g/mol. The van der Waals surface area contributed by atoms with Crippen LogP contribution in [-0.4, -0.2) is 42.8 Å². The molecule has 0 aliphatic carbocycles. The molecule has 0 aliphatic heterocycles. The van der Waals surface area contributed by atoms with Gasteiger partial charge in [-0.3, -0.25) is 9.29 Å². The Hall–Kier alpha value is -0.840. The summed E-state index contributed by atoms with van der Waals surface area (Å²) in [5, 5.41) is 11.0. The number of oxime groups is 1. The molecule has 0 fully saturated rings. The molecule has 0 aromatic heterocycles. The maximum Gasteiger partial charge on any atom is 0.153 e. The molecular formula is C6H14FN3O. The second-order valence-electron chi connectivity index (χ2n) is 2.37. The number of rotatable bonds is 5. The first-order chi connectivity index (χ1) is 5.20. The van der Waals surface area contributed by atoms with Crippen LogP contribution in [0.3, 0.4) is 0 Å². The zero-order valence-electron chi connectivity index (χ0n) is 6.63. The number of hydrogen-bond acceptors (Lipinski definition) is 3. The number of likely N-dealkylation sites (N-methyl/N-ethyl adjacent to an activating group) is 1. The van der Waals surface area contributed by atoms with Crippen molar-refractivity contribution in [3.63, 3.8) is 0 Å². The minimum atomic E-state index is -0.333. The molecule has 4 nitrogen and oxygen atoms in total. The van der Waals surface area contributed by atoms with E-state index in [2.05, 4.69) is 5.16 Å². The summed E-state index contributed by atoms with van der Waals surface area (Å²) in [6, 6.07) is 0. The average molecular weight is 163 g/mol. The smallest absolute Gasteiger partial charge is 0.153 e. The van der Waals surface area contributed by atoms with Gasteiger partial charge in [0.1, 0.15) is 0 Å². The summed E-state index contributed by atoms with van der Waals surface area (Å²) >= 11 is 0. The summed E-state index contributed by atoms with van der Waals surface area (Å²) in [4.78, 5) is 1.79. The van der Waals surface area contributed by atoms with E-state index in [4.69, 9.17) is 10.9 Å². The van der Waals surface area contributed by atoms with Gasteiger partial charge < -0.3 is 10.9 Å². The fourth-order valence-corrected chi connectivity index (χ4v) is 0.717. The van der Waals surface area contributed by atoms with Crippen molar-refractivity contribution in [1.82, 2.24) is 4.90 Å². The maximum absolute atomic E-state index is 11.6. The van der Waals surface area contributed by atoms with Crippen LogP contribution in [0.4, 0.5) is 4.39 Å². The van der Waals surface area contributed by atoms with E-state index in [9.17, 15) is 4.39 Å². The third-order valence-electron chi connectivity index (χ3n) is 1.23. The van der Waals surface area contributed by atoms with E-state index in [1.165, 1.54) is 0 Å². The first-order valence-electron chi connectivity index (χ1n) is 3.41. The van der Waals surface area contributed by atoms with Crippen molar-refractivity contribution in [3.8, 4) is 0 Å². The summed E-state index contributed by atoms with van der Waals surface area (Å²) in [6.07, 6.45) is 0.481. The molecule has 0 saturated heterocycles. The molecule has 0 saturated carbocycles. The Morgan fingerprint density at radius 1 is 1.73 bits per heavy atom. The minimum absolute atomic E-state index is 0.145. The third-order valence-corrected chi connectivity index (χ3v) is 1.23. The Balaban J connectivity index is 3.43. The lowest BCUT2D eigenvalue weighted by Crippen LogP contribution is -2.31. The molecule has 0 radical (unpaired) electrons. The lowest BCUT2D eigenvalue weighted by molar-refractivity contribution is 0.305. The zero-order chi connectivity index (χ0) is 8.69. The van der Waals surface area contributed by atoms with E-state index in [-0.39, 0.29) is 12.5 Å². The van der Waals surface area contributed by atoms with Crippen LogP contribution in [-0.2, 0) is 0 Å². The number of hydrogen-bond donors (Lipinski definition) is 2. The quantitative estimate of drug-likeness (QED) is 0.260. The number of alkyl halides is 1. The van der Waals surface area contributed by atoms with Gasteiger partial charge in [-0.05, 0) is 13.5 Å². The molecule has 66 valence electrons. The largest absolute Gasteiger partial charge is 0.409 e. The van der Waals surface area contributed by atoms with E-state index in [1.54, 1.807) is 11.9 Å². The average Bonchev–Trinajstić information content (AvgIpc) is 2.00. The number of nitrogens with zero attached hydrogens (tertiary/aromatic N) is 2. The van der Waals surface area contributed by atoms with Gasteiger partial charge in [-0.25, -0.2) is 0 Å². The van der Waals surface area contributed by atoms with Crippen molar-refractivity contribution < 1.29 is 9.60 Å². The molecule has 3 N–H and O–H groups in total. The van der Waals surface area contributed by atoms with Gasteiger partial charge in [0, 0.05) is 6.54 Å². The number of nitrogens with two attached hydrogens (primary N) is 1. The molecule has 5 heteroatoms. The highest BCUT2D eigenvalue weighted by molar-refractivity contribution is 5.81. The van der Waals surface area contributed by atoms with Gasteiger partial charge in [-0.2, -0.15) is 0 Å². The van der Waals surface area contributed by atoms with Crippen LogP contribution < -0.4 is 5.73 Å². The minimum Gasteiger partial charge on any atom is -0.409 e. The first-order valence-corrected chi connectivity index (χ1v) is 3.41. The third kappa shape index (κ3) is 5.60. The van der Waals surface area contributed by atoms with Crippen molar-refractivity contribution in [2.75, 3.05) is 26.8 Å². The van der Waals surface area contributed by atoms with Crippen LogP contribution in [0.25, 0.3) is 0 Å². The molecule has 0 amide bonds. The highest BCUT2D eigenvalue weighted by atomic mass is 19.1. The van der Waals surface area contributed by atoms with Gasteiger partial charge >= 0.3 is 0 Å². The first kappa shape index (κ1) is 10.2. The fourth-order valence-electron chi connectivity index (χ4n) is 0.717. The van der Waals surface area contributed by atoms with Crippen LogP contribution in [0.2, 0.25) is 0 Å². The lowest BCUT2D eigenvalue weighted by atomic mass is 10.4. The second kappa shape index (κ2) is 5.91. The van der Waals surface area contributed by atoms with Crippen LogP contribution in [0.1, 0.15) is 6.42 Å². The van der Waals surface area contributed by atoms with Crippen molar-refractivity contribution in [2.24, 2.45) is 10.9 Å². The van der Waals surface area contributed by atoms with Gasteiger partial charge in [0.25, 0.3) is 0 Å². The molecule has 11 heavy (non-hydrogen) atoms. The molecule has 0 aromatic carbocycles. The molecular weight excluding hydrogens is 149 g/mol. The molecule has 0 rings (SSSR count). The Bertz CT molecular complexity index is 129. The molecule has 0 spiro atoms. The SMILES string of the molecule is CN(CCCF)CC(N)=NO. The molecule has 0 aliphatic rings. The standard InChI is InChI=1S/C6H14FN3O/c1-10(4-2-3-7)5-6(8)9-11/h11H,2-5H2,1H3,(H2,8,9). The highest BCUT2D eigenvalue weighted by Gasteiger charge is 1.99. The number of amidine groups is 1. The van der Waals surface area contributed by atoms with Crippen LogP contribution in [0.15, 0.2) is 5.16 Å². The number of halogens is 1. The van der Waals surface area contributed by atoms with Crippen molar-refractivity contribution in [3.05, 3.63) is 0 Å². The Labute approximate surface area is 65.5 Å². The van der Waals surface area contributed by atoms with Gasteiger partial charge in [-0.15, -0.1) is 0 Å². The van der Waals surface area contributed by atoms with E-state index in [1.807, 2.05) is 0 Å². The van der Waals surface area contributed by atoms with Crippen LogP contribution in [0, 0.1) is 0 Å². The predicted molar refractivity (Wildman–Crippen MR) is 41.5 cm³/mol. The van der Waals surface area contributed by atoms with E-state index < -0.39 is 0 Å².